The van der Waals surface area contributed by atoms with Gasteiger partial charge in [-0.2, -0.15) is 0 Å². The van der Waals surface area contributed by atoms with Gasteiger partial charge in [-0.1, -0.05) is 52.0 Å². The van der Waals surface area contributed by atoms with Crippen molar-refractivity contribution >= 4 is 22.2 Å². The summed E-state index contributed by atoms with van der Waals surface area (Å²) in [7, 11) is 0. The lowest BCUT2D eigenvalue weighted by molar-refractivity contribution is 0.0995. The number of nitrogens with zero attached hydrogens (tertiary/aromatic N) is 2. The number of aryl methyl sites for hydroxylation is 1. The second-order valence-corrected chi connectivity index (χ2v) is 10.1. The summed E-state index contributed by atoms with van der Waals surface area (Å²) < 4.78 is 5.34. The smallest absolute Gasteiger partial charge is 0.291 e. The van der Waals surface area contributed by atoms with Gasteiger partial charge in [0.15, 0.2) is 5.76 Å². The molecule has 176 valence electrons. The molecular weight excluding hydrogens is 430 g/mol. The van der Waals surface area contributed by atoms with Gasteiger partial charge < -0.3 is 14.6 Å². The summed E-state index contributed by atoms with van der Waals surface area (Å²) >= 11 is 1.67. The summed E-state index contributed by atoms with van der Waals surface area (Å²) in [4.78, 5) is 19.2. The van der Waals surface area contributed by atoms with Gasteiger partial charge in [-0.15, -0.1) is 11.3 Å². The van der Waals surface area contributed by atoms with E-state index in [9.17, 15) is 4.79 Å². The molecule has 1 atom stereocenters. The zero-order chi connectivity index (χ0) is 23.4. The molecule has 2 aromatic heterocycles. The number of likely N-dealkylation sites (N-methyl/N-ethyl adjacent to an activating group) is 1. The van der Waals surface area contributed by atoms with E-state index < -0.39 is 0 Å². The van der Waals surface area contributed by atoms with Crippen molar-refractivity contribution in [2.24, 2.45) is 0 Å². The van der Waals surface area contributed by atoms with Crippen LogP contribution >= 0.6 is 11.3 Å². The molecule has 1 fully saturated rings. The Morgan fingerprint density at radius 3 is 2.33 bits per heavy atom. The van der Waals surface area contributed by atoms with Crippen molar-refractivity contribution in [2.45, 2.75) is 46.1 Å². The number of anilines is 1. The molecule has 0 unspecified atom stereocenters. The summed E-state index contributed by atoms with van der Waals surface area (Å²) in [5.41, 5.74) is 3.80. The number of hydrogen-bond donors (Lipinski definition) is 1. The third-order valence-electron chi connectivity index (χ3n) is 6.57. The van der Waals surface area contributed by atoms with Crippen molar-refractivity contribution in [1.29, 1.82) is 0 Å². The SMILES string of the molecule is CCc1cc([C@H](c2ccc(C(C)C)cc2)N2CCN(CC)CC2)c(NC(=O)c2ccco2)s1. The first-order valence-electron chi connectivity index (χ1n) is 12.0. The zero-order valence-corrected chi connectivity index (χ0v) is 21.0. The van der Waals surface area contributed by atoms with Crippen LogP contribution in [0.1, 0.15) is 71.8 Å². The Kier molecular flexibility index (Phi) is 7.68. The number of hydrogen-bond acceptors (Lipinski definition) is 5. The van der Waals surface area contributed by atoms with Gasteiger partial charge in [0.25, 0.3) is 5.91 Å². The molecule has 0 saturated carbocycles. The van der Waals surface area contributed by atoms with Crippen LogP contribution in [0.5, 0.6) is 0 Å². The van der Waals surface area contributed by atoms with E-state index in [2.05, 4.69) is 73.1 Å². The maximum Gasteiger partial charge on any atom is 0.291 e. The highest BCUT2D eigenvalue weighted by Gasteiger charge is 2.30. The number of carbonyl (C=O) groups excluding carboxylic acids is 1. The van der Waals surface area contributed by atoms with Crippen LogP contribution in [0.15, 0.2) is 53.1 Å². The number of rotatable bonds is 8. The maximum absolute atomic E-state index is 12.8. The number of benzene rings is 1. The fraction of sp³-hybridized carbons (Fsp3) is 0.444. The molecule has 33 heavy (non-hydrogen) atoms. The molecular formula is C27H35N3O2S. The Morgan fingerprint density at radius 2 is 1.76 bits per heavy atom. The molecule has 1 N–H and O–H groups in total. The molecule has 1 saturated heterocycles. The van der Waals surface area contributed by atoms with E-state index in [1.165, 1.54) is 27.8 Å². The molecule has 5 nitrogen and oxygen atoms in total. The summed E-state index contributed by atoms with van der Waals surface area (Å²) in [6, 6.07) is 14.9. The lowest BCUT2D eigenvalue weighted by atomic mass is 9.94. The molecule has 4 rings (SSSR count). The van der Waals surface area contributed by atoms with Crippen LogP contribution in [0.2, 0.25) is 0 Å². The van der Waals surface area contributed by atoms with Crippen LogP contribution in [0, 0.1) is 0 Å². The number of nitrogens with one attached hydrogen (secondary N) is 1. The predicted octanol–water partition coefficient (Wildman–Crippen LogP) is 6.01. The van der Waals surface area contributed by atoms with Gasteiger partial charge in [-0.3, -0.25) is 9.69 Å². The minimum absolute atomic E-state index is 0.105. The van der Waals surface area contributed by atoms with E-state index in [4.69, 9.17) is 4.42 Å². The van der Waals surface area contributed by atoms with E-state index in [0.717, 1.165) is 44.1 Å². The molecule has 1 amide bonds. The van der Waals surface area contributed by atoms with E-state index >= 15 is 0 Å². The molecule has 3 aromatic rings. The lowest BCUT2D eigenvalue weighted by Crippen LogP contribution is -2.47. The maximum atomic E-state index is 12.8. The normalized spacial score (nSPS) is 16.3. The van der Waals surface area contributed by atoms with Crippen LogP contribution in [0.4, 0.5) is 5.00 Å². The molecule has 3 heterocycles. The lowest BCUT2D eigenvalue weighted by Gasteiger charge is -2.39. The van der Waals surface area contributed by atoms with Gasteiger partial charge in [0.05, 0.1) is 12.3 Å². The highest BCUT2D eigenvalue weighted by molar-refractivity contribution is 7.16. The summed E-state index contributed by atoms with van der Waals surface area (Å²) in [5.74, 6) is 0.638. The van der Waals surface area contributed by atoms with Gasteiger partial charge in [0.1, 0.15) is 5.00 Å². The first kappa shape index (κ1) is 23.7. The standard InChI is InChI=1S/C27H35N3O2S/c1-5-22-18-23(27(33-22)28-26(31)24-8-7-17-32-24)25(30-15-13-29(6-2)14-16-30)21-11-9-20(10-12-21)19(3)4/h7-12,17-19,25H,5-6,13-16H2,1-4H3,(H,28,31)/t25-/m0/s1. The van der Waals surface area contributed by atoms with Crippen molar-refractivity contribution < 1.29 is 9.21 Å². The van der Waals surface area contributed by atoms with E-state index in [1.807, 2.05) is 0 Å². The molecule has 6 heteroatoms. The second kappa shape index (κ2) is 10.7. The minimum Gasteiger partial charge on any atom is -0.459 e. The van der Waals surface area contributed by atoms with Crippen molar-refractivity contribution in [3.63, 3.8) is 0 Å². The monoisotopic (exact) mass is 465 g/mol. The van der Waals surface area contributed by atoms with Gasteiger partial charge in [0.2, 0.25) is 0 Å². The summed E-state index contributed by atoms with van der Waals surface area (Å²) in [5, 5.41) is 4.08. The fourth-order valence-electron chi connectivity index (χ4n) is 4.49. The van der Waals surface area contributed by atoms with Gasteiger partial charge in [-0.05, 0) is 48.2 Å². The Balaban J connectivity index is 1.71. The Hall–Kier alpha value is -2.41. The minimum atomic E-state index is -0.199. The molecule has 1 aliphatic rings. The number of amides is 1. The van der Waals surface area contributed by atoms with Crippen molar-refractivity contribution in [3.8, 4) is 0 Å². The first-order chi connectivity index (χ1) is 16.0. The topological polar surface area (TPSA) is 48.7 Å². The predicted molar refractivity (Wildman–Crippen MR) is 136 cm³/mol. The Morgan fingerprint density at radius 1 is 1.06 bits per heavy atom. The number of furan rings is 1. The molecule has 0 bridgehead atoms. The summed E-state index contributed by atoms with van der Waals surface area (Å²) in [6.45, 7) is 14.1. The van der Waals surface area contributed by atoms with Crippen molar-refractivity contribution in [3.05, 3.63) is 76.1 Å². The first-order valence-corrected chi connectivity index (χ1v) is 12.9. The molecule has 1 aliphatic heterocycles. The summed E-state index contributed by atoms with van der Waals surface area (Å²) in [6.07, 6.45) is 2.48. The van der Waals surface area contributed by atoms with Crippen molar-refractivity contribution in [2.75, 3.05) is 38.0 Å². The van der Waals surface area contributed by atoms with E-state index in [0.29, 0.717) is 11.7 Å². The van der Waals surface area contributed by atoms with Crippen LogP contribution < -0.4 is 5.32 Å². The quantitative estimate of drug-likeness (QED) is 0.443. The molecule has 1 aromatic carbocycles. The van der Waals surface area contributed by atoms with Gasteiger partial charge in [-0.25, -0.2) is 0 Å². The highest BCUT2D eigenvalue weighted by atomic mass is 32.1. The van der Waals surface area contributed by atoms with Crippen LogP contribution in [0.25, 0.3) is 0 Å². The van der Waals surface area contributed by atoms with E-state index in [1.54, 1.807) is 23.5 Å². The number of carbonyl (C=O) groups is 1. The Bertz CT molecular complexity index is 1030. The Labute approximate surface area is 201 Å². The number of piperazine rings is 1. The second-order valence-electron chi connectivity index (χ2n) is 8.98. The van der Waals surface area contributed by atoms with Crippen LogP contribution in [-0.2, 0) is 6.42 Å². The van der Waals surface area contributed by atoms with E-state index in [-0.39, 0.29) is 11.9 Å². The van der Waals surface area contributed by atoms with Crippen LogP contribution in [0.3, 0.4) is 0 Å². The van der Waals surface area contributed by atoms with Crippen LogP contribution in [-0.4, -0.2) is 48.4 Å². The third-order valence-corrected chi connectivity index (χ3v) is 7.78. The van der Waals surface area contributed by atoms with Crippen molar-refractivity contribution in [1.82, 2.24) is 9.80 Å². The zero-order valence-electron chi connectivity index (χ0n) is 20.1. The average Bonchev–Trinajstić information content (AvgIpc) is 3.51. The fourth-order valence-corrected chi connectivity index (χ4v) is 5.52. The average molecular weight is 466 g/mol. The molecule has 0 aliphatic carbocycles. The molecule has 0 radical (unpaired) electrons. The third kappa shape index (κ3) is 5.40. The van der Waals surface area contributed by atoms with Gasteiger partial charge in [0, 0.05) is 36.6 Å². The number of thiophene rings is 1. The molecule has 0 spiro atoms. The largest absolute Gasteiger partial charge is 0.459 e. The van der Waals surface area contributed by atoms with Gasteiger partial charge >= 0.3 is 0 Å². The highest BCUT2D eigenvalue weighted by Crippen LogP contribution is 2.40.